The van der Waals surface area contributed by atoms with E-state index < -0.39 is 18.7 Å². The molecule has 0 bridgehead atoms. The molecule has 8 heterocycles. The number of aromatic carboxylic acids is 1. The number of hydrogen-bond acceptors (Lipinski definition) is 11. The number of aromatic nitrogens is 4. The fourth-order valence-corrected chi connectivity index (χ4v) is 12.1. The van der Waals surface area contributed by atoms with E-state index in [-0.39, 0.29) is 35.5 Å². The van der Waals surface area contributed by atoms with Crippen LogP contribution in [0, 0.1) is 10.8 Å². The lowest BCUT2D eigenvalue weighted by Gasteiger charge is -2.61. The number of alkyl halides is 6. The van der Waals surface area contributed by atoms with Gasteiger partial charge in [0.25, 0.3) is 0 Å². The van der Waals surface area contributed by atoms with Gasteiger partial charge in [-0.05, 0) is 129 Å². The van der Waals surface area contributed by atoms with Crippen molar-refractivity contribution in [2.75, 3.05) is 72.0 Å². The average Bonchev–Trinajstić information content (AvgIpc) is 3.99. The summed E-state index contributed by atoms with van der Waals surface area (Å²) >= 11 is 0. The number of aryl methyl sites for hydroxylation is 5. The molecular formula is C60H71F6N9O5. The van der Waals surface area contributed by atoms with E-state index in [0.717, 1.165) is 162 Å². The Labute approximate surface area is 463 Å². The summed E-state index contributed by atoms with van der Waals surface area (Å²) in [5.41, 5.74) is 15.6. The van der Waals surface area contributed by atoms with Crippen molar-refractivity contribution in [2.45, 2.75) is 118 Å². The van der Waals surface area contributed by atoms with Crippen molar-refractivity contribution in [3.8, 4) is 11.5 Å². The number of benzene rings is 4. The molecule has 0 saturated carbocycles. The van der Waals surface area contributed by atoms with Crippen molar-refractivity contribution in [1.82, 2.24) is 19.1 Å². The van der Waals surface area contributed by atoms with Gasteiger partial charge in [0, 0.05) is 125 Å². The number of carbonyl (C=O) groups is 2. The lowest BCUT2D eigenvalue weighted by molar-refractivity contribution is -0.275. The molecule has 4 fully saturated rings. The molecule has 14 nitrogen and oxygen atoms in total. The molecule has 3 N–H and O–H groups in total. The first-order valence-electron chi connectivity index (χ1n) is 27.3. The van der Waals surface area contributed by atoms with E-state index in [0.29, 0.717) is 31.5 Å². The van der Waals surface area contributed by atoms with Crippen molar-refractivity contribution in [2.24, 2.45) is 16.6 Å². The molecule has 428 valence electrons. The molecule has 80 heavy (non-hydrogen) atoms. The average molecular weight is 1110 g/mol. The molecule has 4 saturated heterocycles. The Bertz CT molecular complexity index is 3080. The number of nitrogens with two attached hydrogens (primary N) is 1. The summed E-state index contributed by atoms with van der Waals surface area (Å²) < 4.78 is 85.7. The predicted molar refractivity (Wildman–Crippen MR) is 296 cm³/mol. The van der Waals surface area contributed by atoms with Crippen LogP contribution in [0.15, 0.2) is 97.1 Å². The van der Waals surface area contributed by atoms with E-state index >= 15 is 0 Å². The molecule has 0 aliphatic carbocycles. The second-order valence-corrected chi connectivity index (χ2v) is 21.8. The SMILES string of the molecule is C.CCc1nc2n(c1C(=O)CCc1ccc(N3CC4(C3)CN(c3ccc(OC(F)(F)F)cc3)C4)cc1)CCCC2.CCc1nc2n(c1C(=O)O)CCCC2.NCc1ccc(N2CC3(C2)CN(c2ccc(OC(F)(F)F)cc2)C3)cc1. The molecule has 4 aromatic carbocycles. The highest BCUT2D eigenvalue weighted by atomic mass is 19.4. The zero-order chi connectivity index (χ0) is 55.7. The van der Waals surface area contributed by atoms with Crippen molar-refractivity contribution in [3.05, 3.63) is 143 Å². The number of nitrogens with zero attached hydrogens (tertiary/aromatic N) is 8. The lowest BCUT2D eigenvalue weighted by atomic mass is 9.72. The van der Waals surface area contributed by atoms with Gasteiger partial charge < -0.3 is 49.0 Å². The van der Waals surface area contributed by atoms with Gasteiger partial charge in [0.1, 0.15) is 28.8 Å². The van der Waals surface area contributed by atoms with E-state index in [1.54, 1.807) is 24.3 Å². The molecule has 2 spiro atoms. The minimum absolute atomic E-state index is 0. The molecule has 20 heteroatoms. The Balaban J connectivity index is 0.000000162. The summed E-state index contributed by atoms with van der Waals surface area (Å²) in [6.07, 6.45) is -0.315. The Kier molecular flexibility index (Phi) is 16.9. The van der Waals surface area contributed by atoms with E-state index in [1.807, 2.05) is 11.5 Å². The molecular weight excluding hydrogens is 1040 g/mol. The topological polar surface area (TPSA) is 147 Å². The Morgan fingerprint density at radius 2 is 0.900 bits per heavy atom. The van der Waals surface area contributed by atoms with Gasteiger partial charge in [-0.3, -0.25) is 4.79 Å². The van der Waals surface area contributed by atoms with Crippen LogP contribution in [0.3, 0.4) is 0 Å². The normalized spacial score (nSPS) is 17.4. The fraction of sp³-hybridized carbons (Fsp3) is 0.467. The monoisotopic (exact) mass is 1110 g/mol. The van der Waals surface area contributed by atoms with Gasteiger partial charge >= 0.3 is 18.7 Å². The molecule has 0 unspecified atom stereocenters. The highest BCUT2D eigenvalue weighted by Crippen LogP contribution is 2.46. The summed E-state index contributed by atoms with van der Waals surface area (Å²) in [6.45, 7) is 13.8. The summed E-state index contributed by atoms with van der Waals surface area (Å²) in [5.74, 6) is 0.982. The molecule has 2 aromatic heterocycles. The third-order valence-corrected chi connectivity index (χ3v) is 16.0. The second kappa shape index (κ2) is 23.5. The van der Waals surface area contributed by atoms with E-state index in [1.165, 1.54) is 35.6 Å². The summed E-state index contributed by atoms with van der Waals surface area (Å²) in [4.78, 5) is 42.4. The summed E-state index contributed by atoms with van der Waals surface area (Å²) in [7, 11) is 0. The van der Waals surface area contributed by atoms with Gasteiger partial charge in [-0.15, -0.1) is 26.3 Å². The number of fused-ring (bicyclic) bond motifs is 2. The maximum absolute atomic E-state index is 13.1. The van der Waals surface area contributed by atoms with Crippen LogP contribution in [0.25, 0.3) is 0 Å². The van der Waals surface area contributed by atoms with Crippen LogP contribution >= 0.6 is 0 Å². The number of carbonyl (C=O) groups excluding carboxylic acids is 1. The number of imidazole rings is 2. The molecule has 0 atom stereocenters. The molecule has 0 radical (unpaired) electrons. The zero-order valence-corrected chi connectivity index (χ0v) is 44.6. The number of anilines is 4. The van der Waals surface area contributed by atoms with E-state index in [2.05, 4.69) is 94.1 Å². The largest absolute Gasteiger partial charge is 0.573 e. The number of ether oxygens (including phenoxy) is 2. The summed E-state index contributed by atoms with van der Waals surface area (Å²) in [6, 6.07) is 29.0. The maximum Gasteiger partial charge on any atom is 0.573 e. The van der Waals surface area contributed by atoms with Gasteiger partial charge in [0.05, 0.1) is 11.4 Å². The first-order valence-corrected chi connectivity index (χ1v) is 27.3. The van der Waals surface area contributed by atoms with Crippen LogP contribution < -0.4 is 34.8 Å². The standard InChI is InChI=1S/C30H33F3N4O2.C19H20F3N3O.C10H14N2O2.CH4/c1-2-25-28(37-16-4-3-5-27(37)34-25)26(38)15-8-21-6-9-22(10-7-21)35-17-29(18-35)19-36(20-29)23-11-13-24(14-12-23)39-30(31,32)33;20-19(21,22)26-17-7-5-16(6-8-17)25-12-18(13-25)10-24(11-18)15-3-1-14(9-23)2-4-15;1-2-7-9(10(13)14)12-6-4-3-5-8(12)11-7;/h6-7,9-14H,2-5,8,15-20H2,1H3;1-8H,9-13,23H2;2-6H2,1H3,(H,13,14);1H4. The summed E-state index contributed by atoms with van der Waals surface area (Å²) in [5, 5.41) is 9.08. The third-order valence-electron chi connectivity index (χ3n) is 16.0. The maximum atomic E-state index is 13.1. The first-order chi connectivity index (χ1) is 37.8. The van der Waals surface area contributed by atoms with Gasteiger partial charge in [-0.2, -0.15) is 0 Å². The van der Waals surface area contributed by atoms with Crippen LogP contribution in [-0.2, 0) is 51.7 Å². The number of Topliss-reactive ketones (excluding diaryl/α,β-unsaturated/α-hetero) is 1. The molecule has 6 aromatic rings. The molecule has 6 aliphatic heterocycles. The highest BCUT2D eigenvalue weighted by Gasteiger charge is 2.53. The quantitative estimate of drug-likeness (QED) is 0.0790. The Morgan fingerprint density at radius 3 is 1.25 bits per heavy atom. The number of carboxylic acid groups (broad SMARTS) is 1. The van der Waals surface area contributed by atoms with Crippen LogP contribution in [-0.4, -0.2) is 101 Å². The van der Waals surface area contributed by atoms with Crippen LogP contribution in [0.2, 0.25) is 0 Å². The number of hydrogen-bond donors (Lipinski definition) is 2. The third kappa shape index (κ3) is 12.8. The van der Waals surface area contributed by atoms with Gasteiger partial charge in [-0.25, -0.2) is 14.8 Å². The number of ketones is 1. The van der Waals surface area contributed by atoms with Gasteiger partial charge in [0.15, 0.2) is 11.5 Å². The Morgan fingerprint density at radius 1 is 0.550 bits per heavy atom. The Hall–Kier alpha value is -7.22. The smallest absolute Gasteiger partial charge is 0.477 e. The van der Waals surface area contributed by atoms with Crippen molar-refractivity contribution < 1.29 is 50.5 Å². The van der Waals surface area contributed by atoms with Crippen LogP contribution in [0.1, 0.15) is 109 Å². The van der Waals surface area contributed by atoms with Crippen LogP contribution in [0.4, 0.5) is 49.1 Å². The second-order valence-electron chi connectivity index (χ2n) is 21.8. The zero-order valence-electron chi connectivity index (χ0n) is 44.6. The van der Waals surface area contributed by atoms with E-state index in [9.17, 15) is 35.9 Å². The van der Waals surface area contributed by atoms with Crippen molar-refractivity contribution in [1.29, 1.82) is 0 Å². The van der Waals surface area contributed by atoms with E-state index in [4.69, 9.17) is 15.8 Å². The molecule has 12 rings (SSSR count). The highest BCUT2D eigenvalue weighted by molar-refractivity contribution is 5.96. The van der Waals surface area contributed by atoms with Crippen molar-refractivity contribution in [3.63, 3.8) is 0 Å². The number of halogens is 6. The van der Waals surface area contributed by atoms with Crippen molar-refractivity contribution >= 4 is 34.5 Å². The minimum atomic E-state index is -4.67. The first kappa shape index (κ1) is 57.5. The van der Waals surface area contributed by atoms with Crippen LogP contribution in [0.5, 0.6) is 11.5 Å². The number of carboxylic acids is 1. The predicted octanol–water partition coefficient (Wildman–Crippen LogP) is 11.3. The molecule has 6 aliphatic rings. The molecule has 0 amide bonds. The fourth-order valence-electron chi connectivity index (χ4n) is 12.1. The van der Waals surface area contributed by atoms with Gasteiger partial charge in [0.2, 0.25) is 0 Å². The minimum Gasteiger partial charge on any atom is -0.477 e. The van der Waals surface area contributed by atoms with Gasteiger partial charge in [-0.1, -0.05) is 45.5 Å². The lowest BCUT2D eigenvalue weighted by Crippen LogP contribution is -2.72. The number of rotatable bonds is 14.